The van der Waals surface area contributed by atoms with Gasteiger partial charge in [-0.1, -0.05) is 41.9 Å². The number of halogens is 2. The fraction of sp³-hybridized carbons (Fsp3) is 0.160. The standard InChI is InChI=1S/C25H22ClNO2S.ClH/c1-25(2,28)19-12-18(14-27-15-19)24-21(10-11-30-24)22-13-20(26)8-9-23(22)29-16-17-6-4-3-5-7-17;/h3-15,28H,16H2,1-2H3;1H. The molecule has 2 heterocycles. The topological polar surface area (TPSA) is 43.6 Å². The number of aliphatic hydroxyl groups is 1. The first-order chi connectivity index (χ1) is 14.4. The van der Waals surface area contributed by atoms with Crippen molar-refractivity contribution in [1.82, 2.24) is 0 Å². The molecular formula is C25H23Cl2NO2S. The van der Waals surface area contributed by atoms with E-state index in [-0.39, 0.29) is 12.4 Å². The summed E-state index contributed by atoms with van der Waals surface area (Å²) < 4.78 is 6.17. The largest absolute Gasteiger partial charge is 1.00 e. The second kappa shape index (κ2) is 9.84. The molecule has 0 amide bonds. The highest BCUT2D eigenvalue weighted by Crippen LogP contribution is 2.42. The second-order valence-electron chi connectivity index (χ2n) is 7.65. The van der Waals surface area contributed by atoms with E-state index in [4.69, 9.17) is 16.3 Å². The maximum absolute atomic E-state index is 10.4. The Balaban J connectivity index is 0.00000272. The molecule has 2 N–H and O–H groups in total. The summed E-state index contributed by atoms with van der Waals surface area (Å²) in [6.07, 6.45) is 3.77. The first-order valence-electron chi connectivity index (χ1n) is 9.70. The number of aromatic amines is 1. The van der Waals surface area contributed by atoms with Gasteiger partial charge >= 0.3 is 0 Å². The van der Waals surface area contributed by atoms with Crippen molar-refractivity contribution in [3.8, 4) is 27.3 Å². The fourth-order valence-electron chi connectivity index (χ4n) is 3.28. The number of benzene rings is 2. The lowest BCUT2D eigenvalue weighted by Crippen LogP contribution is -3.00. The van der Waals surface area contributed by atoms with Crippen LogP contribution < -0.4 is 22.1 Å². The molecule has 0 radical (unpaired) electrons. The number of aromatic nitrogens is 1. The van der Waals surface area contributed by atoms with Gasteiger partial charge < -0.3 is 22.3 Å². The van der Waals surface area contributed by atoms with Crippen LogP contribution >= 0.6 is 22.9 Å². The molecule has 4 aromatic rings. The van der Waals surface area contributed by atoms with E-state index < -0.39 is 5.60 Å². The van der Waals surface area contributed by atoms with E-state index in [1.54, 1.807) is 25.2 Å². The number of ether oxygens (including phenoxy) is 1. The Labute approximate surface area is 197 Å². The summed E-state index contributed by atoms with van der Waals surface area (Å²) in [7, 11) is 0. The Morgan fingerprint density at radius 1 is 1.00 bits per heavy atom. The van der Waals surface area contributed by atoms with Gasteiger partial charge in [0.2, 0.25) is 0 Å². The Bertz CT molecular complexity index is 1150. The Kier molecular flexibility index (Phi) is 7.39. The molecule has 6 heteroatoms. The first kappa shape index (κ1) is 23.3. The molecule has 0 spiro atoms. The van der Waals surface area contributed by atoms with Crippen molar-refractivity contribution in [2.24, 2.45) is 0 Å². The zero-order valence-electron chi connectivity index (χ0n) is 17.2. The van der Waals surface area contributed by atoms with Crippen LogP contribution in [-0.4, -0.2) is 5.11 Å². The van der Waals surface area contributed by atoms with Crippen molar-refractivity contribution < 1.29 is 27.2 Å². The van der Waals surface area contributed by atoms with Gasteiger partial charge in [-0.25, -0.2) is 4.98 Å². The van der Waals surface area contributed by atoms with E-state index in [0.717, 1.165) is 38.4 Å². The summed E-state index contributed by atoms with van der Waals surface area (Å²) in [5.41, 5.74) is 4.01. The summed E-state index contributed by atoms with van der Waals surface area (Å²) in [6, 6.07) is 19.9. The molecule has 0 bridgehead atoms. The minimum atomic E-state index is -0.927. The summed E-state index contributed by atoms with van der Waals surface area (Å²) in [6.45, 7) is 4.04. The van der Waals surface area contributed by atoms with Crippen LogP contribution in [0.4, 0.5) is 0 Å². The fourth-order valence-corrected chi connectivity index (χ4v) is 4.35. The minimum Gasteiger partial charge on any atom is -1.00 e. The number of thiophene rings is 1. The number of rotatable bonds is 6. The molecule has 2 aromatic heterocycles. The van der Waals surface area contributed by atoms with Gasteiger partial charge in [-0.15, -0.1) is 11.3 Å². The zero-order valence-corrected chi connectivity index (χ0v) is 19.6. The van der Waals surface area contributed by atoms with Crippen molar-refractivity contribution >= 4 is 22.9 Å². The van der Waals surface area contributed by atoms with Crippen LogP contribution in [0.5, 0.6) is 5.75 Å². The lowest BCUT2D eigenvalue weighted by molar-refractivity contribution is -0.378. The molecule has 160 valence electrons. The van der Waals surface area contributed by atoms with Crippen LogP contribution in [0.1, 0.15) is 25.0 Å². The van der Waals surface area contributed by atoms with E-state index in [2.05, 4.69) is 16.4 Å². The van der Waals surface area contributed by atoms with Gasteiger partial charge in [0.05, 0.1) is 11.2 Å². The highest BCUT2D eigenvalue weighted by atomic mass is 35.5. The van der Waals surface area contributed by atoms with Crippen LogP contribution in [0.15, 0.2) is 78.4 Å². The van der Waals surface area contributed by atoms with Gasteiger partial charge in [0, 0.05) is 26.6 Å². The molecule has 0 atom stereocenters. The predicted molar refractivity (Wildman–Crippen MR) is 123 cm³/mol. The monoisotopic (exact) mass is 471 g/mol. The number of hydrogen-bond acceptors (Lipinski definition) is 3. The third-order valence-electron chi connectivity index (χ3n) is 4.89. The van der Waals surface area contributed by atoms with Gasteiger partial charge in [0.15, 0.2) is 12.4 Å². The number of hydrogen-bond donors (Lipinski definition) is 1. The second-order valence-corrected chi connectivity index (χ2v) is 9.00. The first-order valence-corrected chi connectivity index (χ1v) is 11.0. The third-order valence-corrected chi connectivity index (χ3v) is 6.09. The SMILES string of the molecule is CC(C)(O)c1c[nH+]cc(-c2sccc2-c2cc(Cl)ccc2OCc2ccccc2)c1.[Cl-]. The number of H-pyrrole nitrogens is 1. The zero-order chi connectivity index (χ0) is 21.1. The van der Waals surface area contributed by atoms with Crippen LogP contribution in [0.3, 0.4) is 0 Å². The number of nitrogens with one attached hydrogen (secondary N) is 1. The van der Waals surface area contributed by atoms with E-state index in [1.165, 1.54) is 0 Å². The van der Waals surface area contributed by atoms with Gasteiger partial charge in [-0.3, -0.25) is 0 Å². The Morgan fingerprint density at radius 2 is 1.77 bits per heavy atom. The molecule has 0 aliphatic rings. The molecular weight excluding hydrogens is 449 g/mol. The van der Waals surface area contributed by atoms with Crippen molar-refractivity contribution in [3.05, 3.63) is 94.6 Å². The molecule has 3 nitrogen and oxygen atoms in total. The molecule has 0 aliphatic heterocycles. The van der Waals surface area contributed by atoms with E-state index in [1.807, 2.05) is 67.0 Å². The van der Waals surface area contributed by atoms with Gasteiger partial charge in [0.25, 0.3) is 0 Å². The van der Waals surface area contributed by atoms with Crippen LogP contribution in [-0.2, 0) is 12.2 Å². The number of pyridine rings is 1. The van der Waals surface area contributed by atoms with Crippen LogP contribution in [0, 0.1) is 0 Å². The normalized spacial score (nSPS) is 11.1. The maximum Gasteiger partial charge on any atom is 0.175 e. The maximum atomic E-state index is 10.4. The van der Waals surface area contributed by atoms with Gasteiger partial charge in [-0.2, -0.15) is 0 Å². The molecule has 31 heavy (non-hydrogen) atoms. The summed E-state index contributed by atoms with van der Waals surface area (Å²) in [5.74, 6) is 0.783. The Hall–Kier alpha value is -2.37. The molecule has 0 saturated heterocycles. The van der Waals surface area contributed by atoms with E-state index in [9.17, 15) is 5.11 Å². The lowest BCUT2D eigenvalue weighted by atomic mass is 9.97. The average Bonchev–Trinajstić information content (AvgIpc) is 3.23. The average molecular weight is 472 g/mol. The highest BCUT2D eigenvalue weighted by molar-refractivity contribution is 7.14. The molecule has 0 saturated carbocycles. The van der Waals surface area contributed by atoms with Crippen molar-refractivity contribution in [1.29, 1.82) is 0 Å². The highest BCUT2D eigenvalue weighted by Gasteiger charge is 2.21. The summed E-state index contributed by atoms with van der Waals surface area (Å²) in [5, 5.41) is 13.1. The molecule has 0 unspecified atom stereocenters. The van der Waals surface area contributed by atoms with Crippen molar-refractivity contribution in [3.63, 3.8) is 0 Å². The molecule has 4 rings (SSSR count). The van der Waals surface area contributed by atoms with E-state index in [0.29, 0.717) is 11.6 Å². The van der Waals surface area contributed by atoms with Crippen molar-refractivity contribution in [2.75, 3.05) is 0 Å². The molecule has 0 aliphatic carbocycles. The predicted octanol–water partition coefficient (Wildman–Crippen LogP) is 3.36. The lowest BCUT2D eigenvalue weighted by Gasteiger charge is -2.16. The minimum absolute atomic E-state index is 0. The van der Waals surface area contributed by atoms with E-state index >= 15 is 0 Å². The quantitative estimate of drug-likeness (QED) is 0.468. The third kappa shape index (κ3) is 5.46. The van der Waals surface area contributed by atoms with Gasteiger partial charge in [0.1, 0.15) is 12.4 Å². The molecule has 2 aromatic carbocycles. The van der Waals surface area contributed by atoms with Gasteiger partial charge in [-0.05, 0) is 55.1 Å². The van der Waals surface area contributed by atoms with Crippen LogP contribution in [0.25, 0.3) is 21.6 Å². The molecule has 0 fully saturated rings. The summed E-state index contributed by atoms with van der Waals surface area (Å²) >= 11 is 7.99. The Morgan fingerprint density at radius 3 is 2.52 bits per heavy atom. The smallest absolute Gasteiger partial charge is 0.175 e. The van der Waals surface area contributed by atoms with Crippen LogP contribution in [0.2, 0.25) is 5.02 Å². The summed E-state index contributed by atoms with van der Waals surface area (Å²) in [4.78, 5) is 4.25. The van der Waals surface area contributed by atoms with Crippen molar-refractivity contribution in [2.45, 2.75) is 26.1 Å².